The minimum absolute atomic E-state index is 0.0232. The number of aryl methyl sites for hydroxylation is 1. The summed E-state index contributed by atoms with van der Waals surface area (Å²) in [6.45, 7) is 5.81. The van der Waals surface area contributed by atoms with E-state index in [9.17, 15) is 13.2 Å². The molecule has 2 aromatic rings. The molecule has 1 aromatic heterocycles. The van der Waals surface area contributed by atoms with Crippen LogP contribution in [-0.2, 0) is 14.6 Å². The first-order chi connectivity index (χ1) is 13.3. The Balaban J connectivity index is 1.64. The van der Waals surface area contributed by atoms with Crippen molar-refractivity contribution in [2.24, 2.45) is 0 Å². The fraction of sp³-hybridized carbons (Fsp3) is 0.500. The summed E-state index contributed by atoms with van der Waals surface area (Å²) in [7, 11) is -3.05. The summed E-state index contributed by atoms with van der Waals surface area (Å²) < 4.78 is 29.4. The van der Waals surface area contributed by atoms with Gasteiger partial charge in [-0.2, -0.15) is 0 Å². The average Bonchev–Trinajstić information content (AvgIpc) is 3.25. The number of ether oxygens (including phenoxy) is 1. The molecule has 0 N–H and O–H groups in total. The minimum atomic E-state index is -3.05. The highest BCUT2D eigenvalue weighted by molar-refractivity contribution is 7.91. The number of hydrogen-bond donors (Lipinski definition) is 0. The zero-order valence-electron chi connectivity index (χ0n) is 16.4. The Labute approximate surface area is 170 Å². The van der Waals surface area contributed by atoms with Crippen LogP contribution in [0.1, 0.15) is 32.4 Å². The van der Waals surface area contributed by atoms with Gasteiger partial charge < -0.3 is 9.64 Å². The van der Waals surface area contributed by atoms with Crippen LogP contribution >= 0.6 is 11.3 Å². The Morgan fingerprint density at radius 3 is 2.61 bits per heavy atom. The maximum Gasteiger partial charge on any atom is 0.261 e. The van der Waals surface area contributed by atoms with Gasteiger partial charge in [-0.05, 0) is 51.0 Å². The van der Waals surface area contributed by atoms with Crippen LogP contribution in [0.15, 0.2) is 29.6 Å². The van der Waals surface area contributed by atoms with Crippen molar-refractivity contribution in [2.75, 3.05) is 18.1 Å². The second kappa shape index (κ2) is 8.61. The predicted molar refractivity (Wildman–Crippen MR) is 111 cm³/mol. The van der Waals surface area contributed by atoms with Crippen molar-refractivity contribution in [3.8, 4) is 16.3 Å². The third kappa shape index (κ3) is 4.91. The molecule has 8 heteroatoms. The Morgan fingerprint density at radius 2 is 2.07 bits per heavy atom. The van der Waals surface area contributed by atoms with Gasteiger partial charge in [0.2, 0.25) is 0 Å². The van der Waals surface area contributed by atoms with E-state index in [1.54, 1.807) is 16.2 Å². The molecule has 6 nitrogen and oxygen atoms in total. The monoisotopic (exact) mass is 422 g/mol. The molecule has 0 radical (unpaired) electrons. The van der Waals surface area contributed by atoms with Gasteiger partial charge in [0.1, 0.15) is 10.8 Å². The van der Waals surface area contributed by atoms with Crippen LogP contribution < -0.4 is 4.74 Å². The van der Waals surface area contributed by atoms with E-state index in [1.165, 1.54) is 0 Å². The Hall–Kier alpha value is -1.93. The number of thiazole rings is 1. The second-order valence-corrected chi connectivity index (χ2v) is 10.3. The SMILES string of the molecule is CC[C@H](C)N(C(=O)COc1ccc(-c2nc(C)cs2)cc1)[C@H]1CCS(=O)(=O)C1. The second-order valence-electron chi connectivity index (χ2n) is 7.22. The normalized spacial score (nSPS) is 19.3. The summed E-state index contributed by atoms with van der Waals surface area (Å²) in [6.07, 6.45) is 1.27. The number of carbonyl (C=O) groups excluding carboxylic acids is 1. The number of nitrogens with zero attached hydrogens (tertiary/aromatic N) is 2. The Kier molecular flexibility index (Phi) is 6.40. The van der Waals surface area contributed by atoms with Gasteiger partial charge in [0.05, 0.1) is 11.5 Å². The summed E-state index contributed by atoms with van der Waals surface area (Å²) in [4.78, 5) is 19.0. The zero-order chi connectivity index (χ0) is 20.3. The number of rotatable bonds is 7. The molecule has 0 spiro atoms. The van der Waals surface area contributed by atoms with Crippen molar-refractivity contribution in [3.05, 3.63) is 35.3 Å². The maximum absolute atomic E-state index is 12.8. The molecule has 0 unspecified atom stereocenters. The van der Waals surface area contributed by atoms with E-state index in [-0.39, 0.29) is 36.1 Å². The molecule has 3 rings (SSSR count). The number of benzene rings is 1. The van der Waals surface area contributed by atoms with Crippen molar-refractivity contribution >= 4 is 27.1 Å². The fourth-order valence-corrected chi connectivity index (χ4v) is 5.92. The summed E-state index contributed by atoms with van der Waals surface area (Å²) in [5.74, 6) is 0.631. The van der Waals surface area contributed by atoms with E-state index in [1.807, 2.05) is 50.4 Å². The molecule has 1 fully saturated rings. The molecule has 1 aliphatic heterocycles. The van der Waals surface area contributed by atoms with Crippen molar-refractivity contribution in [1.82, 2.24) is 9.88 Å². The summed E-state index contributed by atoms with van der Waals surface area (Å²) >= 11 is 1.59. The topological polar surface area (TPSA) is 76.6 Å². The van der Waals surface area contributed by atoms with Crippen LogP contribution in [0.25, 0.3) is 10.6 Å². The molecule has 0 aliphatic carbocycles. The molecular weight excluding hydrogens is 396 g/mol. The predicted octanol–water partition coefficient (Wildman–Crippen LogP) is 3.31. The fourth-order valence-electron chi connectivity index (χ4n) is 3.40. The molecule has 0 bridgehead atoms. The van der Waals surface area contributed by atoms with E-state index in [0.717, 1.165) is 22.7 Å². The van der Waals surface area contributed by atoms with Gasteiger partial charge in [0, 0.05) is 28.7 Å². The van der Waals surface area contributed by atoms with Gasteiger partial charge in [-0.15, -0.1) is 11.3 Å². The molecule has 2 heterocycles. The van der Waals surface area contributed by atoms with Gasteiger partial charge in [0.15, 0.2) is 16.4 Å². The van der Waals surface area contributed by atoms with Crippen LogP contribution in [-0.4, -0.2) is 54.4 Å². The van der Waals surface area contributed by atoms with Crippen LogP contribution in [0.2, 0.25) is 0 Å². The van der Waals surface area contributed by atoms with Crippen molar-refractivity contribution in [3.63, 3.8) is 0 Å². The van der Waals surface area contributed by atoms with Gasteiger partial charge in [-0.3, -0.25) is 4.79 Å². The van der Waals surface area contributed by atoms with Crippen LogP contribution in [0.3, 0.4) is 0 Å². The molecular formula is C20H26N2O4S2. The summed E-state index contributed by atoms with van der Waals surface area (Å²) in [5.41, 5.74) is 2.00. The lowest BCUT2D eigenvalue weighted by atomic mass is 10.1. The average molecular weight is 423 g/mol. The van der Waals surface area contributed by atoms with Crippen LogP contribution in [0, 0.1) is 6.92 Å². The quantitative estimate of drug-likeness (QED) is 0.684. The van der Waals surface area contributed by atoms with E-state index < -0.39 is 9.84 Å². The third-order valence-electron chi connectivity index (χ3n) is 5.04. The lowest BCUT2D eigenvalue weighted by molar-refractivity contribution is -0.137. The highest BCUT2D eigenvalue weighted by Gasteiger charge is 2.36. The first-order valence-electron chi connectivity index (χ1n) is 9.46. The van der Waals surface area contributed by atoms with Gasteiger partial charge in [-0.1, -0.05) is 6.92 Å². The lowest BCUT2D eigenvalue weighted by Gasteiger charge is -2.33. The van der Waals surface area contributed by atoms with Gasteiger partial charge >= 0.3 is 0 Å². The Bertz CT molecular complexity index is 922. The number of sulfone groups is 1. The largest absolute Gasteiger partial charge is 0.484 e. The van der Waals surface area contributed by atoms with E-state index in [2.05, 4.69) is 4.98 Å². The molecule has 2 atom stereocenters. The molecule has 1 aliphatic rings. The minimum Gasteiger partial charge on any atom is -0.484 e. The van der Waals surface area contributed by atoms with E-state index in [0.29, 0.717) is 12.2 Å². The first kappa shape index (κ1) is 20.8. The molecule has 1 amide bonds. The van der Waals surface area contributed by atoms with Gasteiger partial charge in [0.25, 0.3) is 5.91 Å². The molecule has 28 heavy (non-hydrogen) atoms. The third-order valence-corrected chi connectivity index (χ3v) is 7.80. The highest BCUT2D eigenvalue weighted by atomic mass is 32.2. The van der Waals surface area contributed by atoms with E-state index >= 15 is 0 Å². The Morgan fingerprint density at radius 1 is 1.36 bits per heavy atom. The van der Waals surface area contributed by atoms with Crippen molar-refractivity contribution < 1.29 is 17.9 Å². The molecule has 0 saturated carbocycles. The number of amides is 1. The number of carbonyl (C=O) groups is 1. The molecule has 152 valence electrons. The zero-order valence-corrected chi connectivity index (χ0v) is 18.1. The van der Waals surface area contributed by atoms with E-state index in [4.69, 9.17) is 4.74 Å². The van der Waals surface area contributed by atoms with Crippen LogP contribution in [0.5, 0.6) is 5.75 Å². The first-order valence-corrected chi connectivity index (χ1v) is 12.2. The van der Waals surface area contributed by atoms with Crippen molar-refractivity contribution in [1.29, 1.82) is 0 Å². The number of aromatic nitrogens is 1. The van der Waals surface area contributed by atoms with Crippen LogP contribution in [0.4, 0.5) is 0 Å². The molecule has 1 saturated heterocycles. The smallest absolute Gasteiger partial charge is 0.261 e. The maximum atomic E-state index is 12.8. The molecule has 1 aromatic carbocycles. The van der Waals surface area contributed by atoms with Gasteiger partial charge in [-0.25, -0.2) is 13.4 Å². The number of hydrogen-bond acceptors (Lipinski definition) is 6. The lowest BCUT2D eigenvalue weighted by Crippen LogP contribution is -2.48. The highest BCUT2D eigenvalue weighted by Crippen LogP contribution is 2.26. The standard InChI is InChI=1S/C20H26N2O4S2/c1-4-15(3)22(17-9-10-28(24,25)13-17)19(23)11-26-18-7-5-16(6-8-18)20-21-14(2)12-27-20/h5-8,12,15,17H,4,9-11,13H2,1-3H3/t15-,17-/m0/s1. The summed E-state index contributed by atoms with van der Waals surface area (Å²) in [5, 5.41) is 2.95. The van der Waals surface area contributed by atoms with Crippen molar-refractivity contribution in [2.45, 2.75) is 45.7 Å². The summed E-state index contributed by atoms with van der Waals surface area (Å²) in [6, 6.07) is 7.22.